The van der Waals surface area contributed by atoms with Gasteiger partial charge in [0.1, 0.15) is 5.75 Å². The van der Waals surface area contributed by atoms with Crippen LogP contribution in [0.25, 0.3) is 0 Å². The van der Waals surface area contributed by atoms with E-state index in [1.807, 2.05) is 6.07 Å². The fraction of sp³-hybridized carbons (Fsp3) is 0.480. The molecule has 2 aromatic rings. The van der Waals surface area contributed by atoms with Gasteiger partial charge in [-0.1, -0.05) is 33.3 Å². The van der Waals surface area contributed by atoms with Crippen molar-refractivity contribution in [1.29, 1.82) is 0 Å². The van der Waals surface area contributed by atoms with E-state index >= 15 is 0 Å². The Morgan fingerprint density at radius 2 is 1.83 bits per heavy atom. The van der Waals surface area contributed by atoms with Crippen molar-refractivity contribution in [3.05, 3.63) is 52.6 Å². The quantitative estimate of drug-likeness (QED) is 0.689. The average molecular weight is 395 g/mol. The molecule has 0 atom stereocenters. The van der Waals surface area contributed by atoms with Crippen molar-refractivity contribution in [2.24, 2.45) is 5.41 Å². The third kappa shape index (κ3) is 4.92. The van der Waals surface area contributed by atoms with Gasteiger partial charge in [0.15, 0.2) is 0 Å². The lowest BCUT2D eigenvalue weighted by Crippen LogP contribution is -2.30. The Morgan fingerprint density at radius 3 is 2.45 bits per heavy atom. The molecule has 1 N–H and O–H groups in total. The summed E-state index contributed by atoms with van der Waals surface area (Å²) in [5, 5.41) is 3.16. The van der Waals surface area contributed by atoms with Crippen LogP contribution in [0.1, 0.15) is 55.9 Å². The Hall–Kier alpha value is -2.49. The summed E-state index contributed by atoms with van der Waals surface area (Å²) in [4.78, 5) is 15.0. The zero-order valence-corrected chi connectivity index (χ0v) is 18.7. The predicted molar refractivity (Wildman–Crippen MR) is 121 cm³/mol. The first kappa shape index (κ1) is 21.2. The van der Waals surface area contributed by atoms with Crippen molar-refractivity contribution >= 4 is 17.3 Å². The summed E-state index contributed by atoms with van der Waals surface area (Å²) in [6.45, 7) is 12.5. The van der Waals surface area contributed by atoms with E-state index in [4.69, 9.17) is 4.74 Å². The molecule has 0 saturated carbocycles. The van der Waals surface area contributed by atoms with Gasteiger partial charge in [0.05, 0.1) is 7.11 Å². The number of carbonyl (C=O) groups excluding carboxylic acids is 1. The summed E-state index contributed by atoms with van der Waals surface area (Å²) in [5.41, 5.74) is 7.14. The molecule has 0 aliphatic carbocycles. The molecule has 1 heterocycles. The van der Waals surface area contributed by atoms with Crippen molar-refractivity contribution in [2.45, 2.75) is 60.4 Å². The molecule has 156 valence electrons. The van der Waals surface area contributed by atoms with Crippen LogP contribution in [0.5, 0.6) is 5.75 Å². The number of ether oxygens (including phenoxy) is 1. The van der Waals surface area contributed by atoms with Crippen LogP contribution >= 0.6 is 0 Å². The van der Waals surface area contributed by atoms with Gasteiger partial charge >= 0.3 is 0 Å². The van der Waals surface area contributed by atoms with Crippen LogP contribution in [0.3, 0.4) is 0 Å². The summed E-state index contributed by atoms with van der Waals surface area (Å²) >= 11 is 0. The van der Waals surface area contributed by atoms with Crippen LogP contribution in [0, 0.1) is 19.3 Å². The monoisotopic (exact) mass is 394 g/mol. The third-order valence-electron chi connectivity index (χ3n) is 6.17. The van der Waals surface area contributed by atoms with Crippen molar-refractivity contribution in [3.63, 3.8) is 0 Å². The van der Waals surface area contributed by atoms with Gasteiger partial charge in [0, 0.05) is 30.9 Å². The van der Waals surface area contributed by atoms with Gasteiger partial charge in [-0.2, -0.15) is 0 Å². The van der Waals surface area contributed by atoms with Crippen LogP contribution in [-0.4, -0.2) is 19.6 Å². The molecule has 1 amide bonds. The first-order valence-electron chi connectivity index (χ1n) is 10.5. The van der Waals surface area contributed by atoms with Gasteiger partial charge in [-0.15, -0.1) is 0 Å². The summed E-state index contributed by atoms with van der Waals surface area (Å²) in [5.74, 6) is 1.02. The van der Waals surface area contributed by atoms with Crippen molar-refractivity contribution in [1.82, 2.24) is 0 Å². The fourth-order valence-corrected chi connectivity index (χ4v) is 3.94. The number of nitrogens with one attached hydrogen (secondary N) is 1. The molecule has 4 heteroatoms. The lowest BCUT2D eigenvalue weighted by Gasteiger charge is -2.32. The number of hydrogen-bond donors (Lipinski definition) is 1. The second-order valence-corrected chi connectivity index (χ2v) is 9.00. The number of aryl methyl sites for hydroxylation is 2. The Labute approximate surface area is 175 Å². The number of rotatable bonds is 6. The molecule has 0 unspecified atom stereocenters. The van der Waals surface area contributed by atoms with Gasteiger partial charge in [0.2, 0.25) is 5.91 Å². The number of benzene rings is 2. The highest BCUT2D eigenvalue weighted by molar-refractivity contribution is 5.93. The number of carbonyl (C=O) groups is 1. The largest absolute Gasteiger partial charge is 0.497 e. The van der Waals surface area contributed by atoms with Crippen LogP contribution in [0.2, 0.25) is 0 Å². The number of fused-ring (bicyclic) bond motifs is 1. The molecule has 0 bridgehead atoms. The Bertz CT molecular complexity index is 879. The normalized spacial score (nSPS) is 13.8. The highest BCUT2D eigenvalue weighted by Crippen LogP contribution is 2.32. The molecular formula is C25H34N2O2. The maximum atomic E-state index is 12.5. The number of hydrogen-bond acceptors (Lipinski definition) is 3. The summed E-state index contributed by atoms with van der Waals surface area (Å²) < 4.78 is 5.36. The van der Waals surface area contributed by atoms with Crippen molar-refractivity contribution in [3.8, 4) is 5.75 Å². The van der Waals surface area contributed by atoms with E-state index in [9.17, 15) is 4.79 Å². The number of nitrogens with zero attached hydrogens (tertiary/aromatic N) is 1. The lowest BCUT2D eigenvalue weighted by molar-refractivity contribution is -0.118. The molecule has 1 aliphatic rings. The molecule has 0 saturated heterocycles. The molecule has 0 spiro atoms. The first-order valence-corrected chi connectivity index (χ1v) is 10.5. The molecule has 0 radical (unpaired) electrons. The van der Waals surface area contributed by atoms with Gasteiger partial charge in [0.25, 0.3) is 0 Å². The Morgan fingerprint density at radius 1 is 1.14 bits per heavy atom. The fourth-order valence-electron chi connectivity index (χ4n) is 3.94. The summed E-state index contributed by atoms with van der Waals surface area (Å²) in [6, 6.07) is 10.8. The second kappa shape index (κ2) is 8.48. The molecule has 29 heavy (non-hydrogen) atoms. The van der Waals surface area contributed by atoms with Crippen LogP contribution < -0.4 is 15.0 Å². The van der Waals surface area contributed by atoms with Crippen LogP contribution in [0.4, 0.5) is 11.4 Å². The van der Waals surface area contributed by atoms with E-state index in [1.165, 1.54) is 16.8 Å². The maximum Gasteiger partial charge on any atom is 0.224 e. The SMILES string of the molecule is CCC(C)(C)CC(=O)Nc1c(C)cc(N2CCc3cc(OC)ccc3C2)cc1C. The van der Waals surface area contributed by atoms with E-state index < -0.39 is 0 Å². The van der Waals surface area contributed by atoms with Gasteiger partial charge in [-0.05, 0) is 72.2 Å². The second-order valence-electron chi connectivity index (χ2n) is 9.00. The van der Waals surface area contributed by atoms with Crippen molar-refractivity contribution < 1.29 is 9.53 Å². The summed E-state index contributed by atoms with van der Waals surface area (Å²) in [6.07, 6.45) is 2.53. The Kier molecular flexibility index (Phi) is 6.21. The minimum atomic E-state index is 0.0235. The maximum absolute atomic E-state index is 12.5. The highest BCUT2D eigenvalue weighted by atomic mass is 16.5. The van der Waals surface area contributed by atoms with E-state index in [0.717, 1.165) is 48.5 Å². The summed E-state index contributed by atoms with van der Waals surface area (Å²) in [7, 11) is 1.71. The van der Waals surface area contributed by atoms with Gasteiger partial charge < -0.3 is 15.0 Å². The number of anilines is 2. The minimum Gasteiger partial charge on any atom is -0.497 e. The zero-order chi connectivity index (χ0) is 21.2. The molecule has 0 fully saturated rings. The number of amides is 1. The minimum absolute atomic E-state index is 0.0235. The molecule has 1 aliphatic heterocycles. The molecular weight excluding hydrogens is 360 g/mol. The van der Waals surface area contributed by atoms with E-state index in [1.54, 1.807) is 7.11 Å². The third-order valence-corrected chi connectivity index (χ3v) is 6.17. The Balaban J connectivity index is 1.76. The first-order chi connectivity index (χ1) is 13.7. The smallest absolute Gasteiger partial charge is 0.224 e. The van der Waals surface area contributed by atoms with E-state index in [-0.39, 0.29) is 11.3 Å². The lowest BCUT2D eigenvalue weighted by atomic mass is 9.86. The zero-order valence-electron chi connectivity index (χ0n) is 18.7. The molecule has 3 rings (SSSR count). The number of methoxy groups -OCH3 is 1. The van der Waals surface area contributed by atoms with Crippen LogP contribution in [-0.2, 0) is 17.8 Å². The van der Waals surface area contributed by atoms with E-state index in [0.29, 0.717) is 6.42 Å². The van der Waals surface area contributed by atoms with Gasteiger partial charge in [-0.3, -0.25) is 4.79 Å². The predicted octanol–water partition coefficient (Wildman–Crippen LogP) is 5.64. The standard InChI is InChI=1S/C25H34N2O2/c1-7-25(4,5)15-23(28)26-24-17(2)12-21(13-18(24)3)27-11-10-19-14-22(29-6)9-8-20(19)16-27/h8-9,12-14H,7,10-11,15-16H2,1-6H3,(H,26,28). The molecule has 4 nitrogen and oxygen atoms in total. The van der Waals surface area contributed by atoms with Crippen LogP contribution in [0.15, 0.2) is 30.3 Å². The average Bonchev–Trinajstić information content (AvgIpc) is 2.69. The molecule has 0 aromatic heterocycles. The van der Waals surface area contributed by atoms with E-state index in [2.05, 4.69) is 69.1 Å². The highest BCUT2D eigenvalue weighted by Gasteiger charge is 2.22. The van der Waals surface area contributed by atoms with Gasteiger partial charge in [-0.25, -0.2) is 0 Å². The topological polar surface area (TPSA) is 41.6 Å². The molecule has 2 aromatic carbocycles. The van der Waals surface area contributed by atoms with Crippen molar-refractivity contribution in [2.75, 3.05) is 23.9 Å².